The van der Waals surface area contributed by atoms with Gasteiger partial charge in [0.1, 0.15) is 12.0 Å². The number of benzene rings is 1. The molecule has 1 aromatic carbocycles. The van der Waals surface area contributed by atoms with E-state index in [4.69, 9.17) is 26.4 Å². The molecule has 1 amide bonds. The molecule has 2 aromatic rings. The van der Waals surface area contributed by atoms with Crippen molar-refractivity contribution in [3.05, 3.63) is 48.2 Å². The number of nitrogens with one attached hydrogen (secondary N) is 3. The second-order valence-corrected chi connectivity index (χ2v) is 7.34. The van der Waals surface area contributed by atoms with Gasteiger partial charge in [0.25, 0.3) is 0 Å². The third kappa shape index (κ3) is 6.32. The van der Waals surface area contributed by atoms with Crippen LogP contribution in [0.15, 0.2) is 42.6 Å². The number of pyridine rings is 1. The molecule has 1 fully saturated rings. The van der Waals surface area contributed by atoms with Gasteiger partial charge in [-0.2, -0.15) is 0 Å². The molecule has 1 aliphatic carbocycles. The van der Waals surface area contributed by atoms with Gasteiger partial charge in [-0.25, -0.2) is 4.98 Å². The summed E-state index contributed by atoms with van der Waals surface area (Å²) >= 11 is 5.36. The van der Waals surface area contributed by atoms with Crippen molar-refractivity contribution >= 4 is 35.1 Å². The Kier molecular flexibility index (Phi) is 7.66. The van der Waals surface area contributed by atoms with Gasteiger partial charge in [0.15, 0.2) is 16.6 Å². The summed E-state index contributed by atoms with van der Waals surface area (Å²) in [6.45, 7) is 0. The minimum atomic E-state index is -0.263. The fourth-order valence-electron chi connectivity index (χ4n) is 3.00. The van der Waals surface area contributed by atoms with Crippen molar-refractivity contribution in [1.29, 1.82) is 0 Å². The number of rotatable bonds is 9. The first-order valence-corrected chi connectivity index (χ1v) is 10.2. The molecular formula is C22H26N4O4S. The maximum atomic E-state index is 12.5. The number of carbonyl (C=O) groups is 1. The first-order valence-electron chi connectivity index (χ1n) is 9.81. The van der Waals surface area contributed by atoms with E-state index in [9.17, 15) is 4.79 Å². The first kappa shape index (κ1) is 22.4. The normalized spacial score (nSPS) is 13.9. The molecular weight excluding hydrogens is 416 g/mol. The van der Waals surface area contributed by atoms with Crippen molar-refractivity contribution in [3.8, 4) is 17.2 Å². The number of methoxy groups -OCH3 is 3. The van der Waals surface area contributed by atoms with Gasteiger partial charge in [-0.05, 0) is 66.9 Å². The lowest BCUT2D eigenvalue weighted by molar-refractivity contribution is -0.117. The third-order valence-corrected chi connectivity index (χ3v) is 4.92. The Labute approximate surface area is 187 Å². The van der Waals surface area contributed by atoms with Crippen molar-refractivity contribution in [2.75, 3.05) is 26.6 Å². The lowest BCUT2D eigenvalue weighted by Crippen LogP contribution is -2.50. The Morgan fingerprint density at radius 3 is 2.39 bits per heavy atom. The Morgan fingerprint density at radius 1 is 1.13 bits per heavy atom. The molecule has 1 unspecified atom stereocenters. The summed E-state index contributed by atoms with van der Waals surface area (Å²) in [6.07, 6.45) is 6.63. The maximum absolute atomic E-state index is 12.5. The molecule has 3 rings (SSSR count). The summed E-state index contributed by atoms with van der Waals surface area (Å²) in [4.78, 5) is 16.7. The molecule has 3 N–H and O–H groups in total. The Morgan fingerprint density at radius 2 is 1.84 bits per heavy atom. The fraction of sp³-hybridized carbons (Fsp3) is 0.318. The smallest absolute Gasteiger partial charge is 0.245 e. The minimum Gasteiger partial charge on any atom is -0.493 e. The summed E-state index contributed by atoms with van der Waals surface area (Å²) in [5.74, 6) is 2.28. The molecule has 8 nitrogen and oxygen atoms in total. The molecule has 0 radical (unpaired) electrons. The molecule has 0 spiro atoms. The van der Waals surface area contributed by atoms with Crippen LogP contribution < -0.4 is 30.2 Å². The summed E-state index contributed by atoms with van der Waals surface area (Å²) in [5, 5.41) is 9.57. The van der Waals surface area contributed by atoms with Gasteiger partial charge in [0.05, 0.1) is 21.3 Å². The number of hydrogen-bond acceptors (Lipinski definition) is 6. The second-order valence-electron chi connectivity index (χ2n) is 6.93. The second kappa shape index (κ2) is 10.6. The average molecular weight is 443 g/mol. The van der Waals surface area contributed by atoms with Crippen molar-refractivity contribution in [3.63, 3.8) is 0 Å². The number of aromatic nitrogens is 1. The molecule has 1 aromatic heterocycles. The van der Waals surface area contributed by atoms with Crippen molar-refractivity contribution < 1.29 is 19.0 Å². The SMILES string of the molecule is COc1cc(/C=C/C(=O)NC(NC(=S)Nc2ccccn2)C2CC2)cc(OC)c1OC. The zero-order chi connectivity index (χ0) is 22.2. The molecule has 31 heavy (non-hydrogen) atoms. The van der Waals surface area contributed by atoms with E-state index in [-0.39, 0.29) is 12.1 Å². The highest BCUT2D eigenvalue weighted by Gasteiger charge is 2.32. The first-order chi connectivity index (χ1) is 15.0. The minimum absolute atomic E-state index is 0.237. The number of carbonyl (C=O) groups excluding carboxylic acids is 1. The van der Waals surface area contributed by atoms with Gasteiger partial charge in [-0.3, -0.25) is 4.79 Å². The van der Waals surface area contributed by atoms with E-state index < -0.39 is 0 Å². The van der Waals surface area contributed by atoms with Gasteiger partial charge < -0.3 is 30.2 Å². The van der Waals surface area contributed by atoms with Crippen LogP contribution in [0.3, 0.4) is 0 Å². The van der Waals surface area contributed by atoms with E-state index in [1.807, 2.05) is 18.2 Å². The molecule has 1 saturated carbocycles. The number of thiocarbonyl (C=S) groups is 1. The van der Waals surface area contributed by atoms with Crippen LogP contribution in [0.25, 0.3) is 6.08 Å². The van der Waals surface area contributed by atoms with Crippen LogP contribution in [0.4, 0.5) is 5.82 Å². The monoisotopic (exact) mass is 442 g/mol. The lowest BCUT2D eigenvalue weighted by Gasteiger charge is -2.21. The fourth-order valence-corrected chi connectivity index (χ4v) is 3.23. The van der Waals surface area contributed by atoms with Crippen LogP contribution in [0.1, 0.15) is 18.4 Å². The summed E-state index contributed by atoms with van der Waals surface area (Å²) in [6, 6.07) is 9.06. The van der Waals surface area contributed by atoms with Crippen LogP contribution >= 0.6 is 12.2 Å². The summed E-state index contributed by atoms with van der Waals surface area (Å²) in [7, 11) is 4.64. The Bertz CT molecular complexity index is 923. The van der Waals surface area contributed by atoms with Gasteiger partial charge in [-0.1, -0.05) is 6.07 Å². The standard InChI is InChI=1S/C22H26N4O4S/c1-28-16-12-14(13-17(29-2)20(16)30-3)7-10-19(27)25-21(15-8-9-15)26-22(31)24-18-6-4-5-11-23-18/h4-7,10-13,15,21H,8-9H2,1-3H3,(H,25,27)(H2,23,24,26,31)/b10-7+. The number of nitrogens with zero attached hydrogens (tertiary/aromatic N) is 1. The van der Waals surface area contributed by atoms with Crippen LogP contribution in [-0.4, -0.2) is 43.5 Å². The van der Waals surface area contributed by atoms with Gasteiger partial charge in [0, 0.05) is 12.3 Å². The largest absolute Gasteiger partial charge is 0.493 e. The predicted octanol–water partition coefficient (Wildman–Crippen LogP) is 2.96. The van der Waals surface area contributed by atoms with E-state index in [0.717, 1.165) is 18.4 Å². The molecule has 0 aliphatic heterocycles. The Hall–Kier alpha value is -3.33. The highest BCUT2D eigenvalue weighted by molar-refractivity contribution is 7.80. The number of ether oxygens (including phenoxy) is 3. The van der Waals surface area contributed by atoms with Crippen LogP contribution in [0.5, 0.6) is 17.2 Å². The highest BCUT2D eigenvalue weighted by Crippen LogP contribution is 2.38. The zero-order valence-electron chi connectivity index (χ0n) is 17.7. The molecule has 0 saturated heterocycles. The number of anilines is 1. The Balaban J connectivity index is 1.62. The van der Waals surface area contributed by atoms with E-state index in [0.29, 0.717) is 34.1 Å². The molecule has 1 aliphatic rings. The topological polar surface area (TPSA) is 93.7 Å². The zero-order valence-corrected chi connectivity index (χ0v) is 18.5. The third-order valence-electron chi connectivity index (χ3n) is 4.70. The van der Waals surface area contributed by atoms with E-state index in [1.165, 1.54) is 6.08 Å². The van der Waals surface area contributed by atoms with E-state index in [1.54, 1.807) is 45.7 Å². The highest BCUT2D eigenvalue weighted by atomic mass is 32.1. The van der Waals surface area contributed by atoms with Crippen LogP contribution in [0.2, 0.25) is 0 Å². The van der Waals surface area contributed by atoms with Crippen LogP contribution in [0, 0.1) is 5.92 Å². The van der Waals surface area contributed by atoms with E-state index >= 15 is 0 Å². The van der Waals surface area contributed by atoms with Crippen molar-refractivity contribution in [1.82, 2.24) is 15.6 Å². The van der Waals surface area contributed by atoms with Gasteiger partial charge in [-0.15, -0.1) is 0 Å². The van der Waals surface area contributed by atoms with Gasteiger partial charge in [0.2, 0.25) is 11.7 Å². The number of hydrogen-bond donors (Lipinski definition) is 3. The van der Waals surface area contributed by atoms with E-state index in [2.05, 4.69) is 20.9 Å². The summed E-state index contributed by atoms with van der Waals surface area (Å²) < 4.78 is 16.0. The lowest BCUT2D eigenvalue weighted by atomic mass is 10.1. The van der Waals surface area contributed by atoms with Crippen molar-refractivity contribution in [2.24, 2.45) is 5.92 Å². The quantitative estimate of drug-likeness (QED) is 0.310. The molecule has 164 valence electrons. The summed E-state index contributed by atoms with van der Waals surface area (Å²) in [5.41, 5.74) is 0.743. The average Bonchev–Trinajstić information content (AvgIpc) is 3.62. The van der Waals surface area contributed by atoms with Gasteiger partial charge >= 0.3 is 0 Å². The molecule has 0 bridgehead atoms. The van der Waals surface area contributed by atoms with Crippen LogP contribution in [-0.2, 0) is 4.79 Å². The molecule has 1 heterocycles. The molecule has 1 atom stereocenters. The maximum Gasteiger partial charge on any atom is 0.245 e. The number of amides is 1. The molecule has 9 heteroatoms. The predicted molar refractivity (Wildman–Crippen MR) is 123 cm³/mol. The van der Waals surface area contributed by atoms with Crippen molar-refractivity contribution in [2.45, 2.75) is 19.0 Å².